The Morgan fingerprint density at radius 1 is 1.13 bits per heavy atom. The maximum Gasteiger partial charge on any atom is 0.0462 e. The van der Waals surface area contributed by atoms with Gasteiger partial charge in [0.2, 0.25) is 0 Å². The zero-order valence-corrected chi connectivity index (χ0v) is 15.6. The van der Waals surface area contributed by atoms with Crippen LogP contribution in [0.25, 0.3) is 0 Å². The standard InChI is InChI=1S/C21H35NO/c1-18-7-9-20(10-8-18)21(2,3)13-16-22-14-11-19(12-15-22)6-5-17-23-4/h7-10,19H,5-6,11-17H2,1-4H3. The minimum Gasteiger partial charge on any atom is -0.385 e. The van der Waals surface area contributed by atoms with Gasteiger partial charge in [0, 0.05) is 13.7 Å². The van der Waals surface area contributed by atoms with Gasteiger partial charge in [0.25, 0.3) is 0 Å². The van der Waals surface area contributed by atoms with E-state index in [0.717, 1.165) is 12.5 Å². The van der Waals surface area contributed by atoms with Crippen molar-refractivity contribution in [2.45, 2.75) is 58.3 Å². The van der Waals surface area contributed by atoms with E-state index in [9.17, 15) is 0 Å². The minimum absolute atomic E-state index is 0.267. The first kappa shape index (κ1) is 18.5. The zero-order chi connectivity index (χ0) is 16.7. The van der Waals surface area contributed by atoms with Gasteiger partial charge in [0.1, 0.15) is 0 Å². The van der Waals surface area contributed by atoms with Crippen LogP contribution in [-0.2, 0) is 10.2 Å². The molecular weight excluding hydrogens is 282 g/mol. The summed E-state index contributed by atoms with van der Waals surface area (Å²) >= 11 is 0. The highest BCUT2D eigenvalue weighted by atomic mass is 16.5. The van der Waals surface area contributed by atoms with Crippen molar-refractivity contribution in [1.82, 2.24) is 4.90 Å². The summed E-state index contributed by atoms with van der Waals surface area (Å²) < 4.78 is 5.17. The average Bonchev–Trinajstić information content (AvgIpc) is 2.55. The first-order valence-corrected chi connectivity index (χ1v) is 9.30. The number of likely N-dealkylation sites (tertiary alicyclic amines) is 1. The summed E-state index contributed by atoms with van der Waals surface area (Å²) in [7, 11) is 1.80. The number of hydrogen-bond donors (Lipinski definition) is 0. The number of methoxy groups -OCH3 is 1. The molecule has 1 saturated heterocycles. The van der Waals surface area contributed by atoms with E-state index in [1.165, 1.54) is 62.9 Å². The van der Waals surface area contributed by atoms with Crippen LogP contribution in [-0.4, -0.2) is 38.3 Å². The fraction of sp³-hybridized carbons (Fsp3) is 0.714. The van der Waals surface area contributed by atoms with Gasteiger partial charge in [-0.05, 0) is 75.6 Å². The monoisotopic (exact) mass is 317 g/mol. The molecule has 0 unspecified atom stereocenters. The van der Waals surface area contributed by atoms with Crippen molar-refractivity contribution in [3.63, 3.8) is 0 Å². The van der Waals surface area contributed by atoms with Gasteiger partial charge in [-0.25, -0.2) is 0 Å². The summed E-state index contributed by atoms with van der Waals surface area (Å²) in [5, 5.41) is 0. The molecule has 1 aliphatic heterocycles. The highest BCUT2D eigenvalue weighted by molar-refractivity contribution is 5.27. The van der Waals surface area contributed by atoms with E-state index >= 15 is 0 Å². The molecule has 0 N–H and O–H groups in total. The summed E-state index contributed by atoms with van der Waals surface area (Å²) in [6.45, 7) is 11.6. The normalized spacial score (nSPS) is 17.6. The summed E-state index contributed by atoms with van der Waals surface area (Å²) in [5.41, 5.74) is 3.08. The average molecular weight is 318 g/mol. The van der Waals surface area contributed by atoms with Gasteiger partial charge >= 0.3 is 0 Å². The third-order valence-electron chi connectivity index (χ3n) is 5.55. The Balaban J connectivity index is 1.73. The van der Waals surface area contributed by atoms with Gasteiger partial charge in [-0.15, -0.1) is 0 Å². The highest BCUT2D eigenvalue weighted by Gasteiger charge is 2.24. The second-order valence-electron chi connectivity index (χ2n) is 7.92. The minimum atomic E-state index is 0.267. The molecule has 2 nitrogen and oxygen atoms in total. The maximum atomic E-state index is 5.17. The maximum absolute atomic E-state index is 5.17. The predicted molar refractivity (Wildman–Crippen MR) is 99.1 cm³/mol. The van der Waals surface area contributed by atoms with Gasteiger partial charge in [0.15, 0.2) is 0 Å². The Hall–Kier alpha value is -0.860. The van der Waals surface area contributed by atoms with Crippen LogP contribution in [0.2, 0.25) is 0 Å². The summed E-state index contributed by atoms with van der Waals surface area (Å²) in [6.07, 6.45) is 6.55. The summed E-state index contributed by atoms with van der Waals surface area (Å²) in [5.74, 6) is 0.923. The molecule has 1 heterocycles. The van der Waals surface area contributed by atoms with Crippen molar-refractivity contribution in [3.8, 4) is 0 Å². The first-order chi connectivity index (χ1) is 11.0. The summed E-state index contributed by atoms with van der Waals surface area (Å²) in [4.78, 5) is 2.67. The summed E-state index contributed by atoms with van der Waals surface area (Å²) in [6, 6.07) is 9.08. The molecule has 2 rings (SSSR count). The molecule has 0 bridgehead atoms. The van der Waals surface area contributed by atoms with E-state index in [0.29, 0.717) is 0 Å². The van der Waals surface area contributed by atoms with Crippen molar-refractivity contribution in [2.75, 3.05) is 33.4 Å². The molecule has 0 atom stereocenters. The number of rotatable bonds is 8. The van der Waals surface area contributed by atoms with Crippen molar-refractivity contribution in [2.24, 2.45) is 5.92 Å². The fourth-order valence-corrected chi connectivity index (χ4v) is 3.60. The van der Waals surface area contributed by atoms with Crippen LogP contribution < -0.4 is 0 Å². The van der Waals surface area contributed by atoms with E-state index < -0.39 is 0 Å². The molecular formula is C21H35NO. The SMILES string of the molecule is COCCCC1CCN(CCC(C)(C)c2ccc(C)cc2)CC1. The van der Waals surface area contributed by atoms with Gasteiger partial charge in [0.05, 0.1) is 0 Å². The quantitative estimate of drug-likeness (QED) is 0.639. The fourth-order valence-electron chi connectivity index (χ4n) is 3.60. The molecule has 0 saturated carbocycles. The van der Waals surface area contributed by atoms with Gasteiger partial charge < -0.3 is 9.64 Å². The smallest absolute Gasteiger partial charge is 0.0462 e. The van der Waals surface area contributed by atoms with E-state index in [-0.39, 0.29) is 5.41 Å². The van der Waals surface area contributed by atoms with Crippen LogP contribution in [0.3, 0.4) is 0 Å². The Bertz CT molecular complexity index is 443. The molecule has 23 heavy (non-hydrogen) atoms. The third kappa shape index (κ3) is 5.93. The van der Waals surface area contributed by atoms with Gasteiger partial charge in [-0.2, -0.15) is 0 Å². The lowest BCUT2D eigenvalue weighted by molar-refractivity contribution is 0.149. The second kappa shape index (κ2) is 8.84. The van der Waals surface area contributed by atoms with Crippen LogP contribution in [0.15, 0.2) is 24.3 Å². The predicted octanol–water partition coefficient (Wildman–Crippen LogP) is 4.80. The molecule has 0 amide bonds. The molecule has 2 heteroatoms. The van der Waals surface area contributed by atoms with E-state index in [2.05, 4.69) is 49.9 Å². The first-order valence-electron chi connectivity index (χ1n) is 9.30. The van der Waals surface area contributed by atoms with Crippen molar-refractivity contribution >= 4 is 0 Å². The molecule has 1 aromatic carbocycles. The van der Waals surface area contributed by atoms with Gasteiger partial charge in [-0.3, -0.25) is 0 Å². The van der Waals surface area contributed by atoms with Gasteiger partial charge in [-0.1, -0.05) is 43.7 Å². The molecule has 0 spiro atoms. The molecule has 0 aromatic heterocycles. The van der Waals surface area contributed by atoms with Crippen LogP contribution in [0.1, 0.15) is 57.1 Å². The number of hydrogen-bond acceptors (Lipinski definition) is 2. The lowest BCUT2D eigenvalue weighted by Gasteiger charge is -2.35. The third-order valence-corrected chi connectivity index (χ3v) is 5.55. The van der Waals surface area contributed by atoms with Crippen LogP contribution in [0.5, 0.6) is 0 Å². The lowest BCUT2D eigenvalue weighted by Crippen LogP contribution is -2.36. The molecule has 130 valence electrons. The number of piperidine rings is 1. The van der Waals surface area contributed by atoms with E-state index in [1.807, 2.05) is 0 Å². The molecule has 1 aromatic rings. The second-order valence-corrected chi connectivity index (χ2v) is 7.92. The number of benzene rings is 1. The van der Waals surface area contributed by atoms with Crippen molar-refractivity contribution < 1.29 is 4.74 Å². The van der Waals surface area contributed by atoms with Crippen LogP contribution in [0, 0.1) is 12.8 Å². The molecule has 0 aliphatic carbocycles. The molecule has 0 radical (unpaired) electrons. The lowest BCUT2D eigenvalue weighted by atomic mass is 9.81. The highest BCUT2D eigenvalue weighted by Crippen LogP contribution is 2.29. The van der Waals surface area contributed by atoms with E-state index in [4.69, 9.17) is 4.74 Å². The largest absolute Gasteiger partial charge is 0.385 e. The number of nitrogens with zero attached hydrogens (tertiary/aromatic N) is 1. The van der Waals surface area contributed by atoms with Crippen LogP contribution in [0.4, 0.5) is 0 Å². The number of aryl methyl sites for hydroxylation is 1. The Morgan fingerprint density at radius 2 is 1.78 bits per heavy atom. The van der Waals surface area contributed by atoms with Crippen molar-refractivity contribution in [3.05, 3.63) is 35.4 Å². The topological polar surface area (TPSA) is 12.5 Å². The Morgan fingerprint density at radius 3 is 2.39 bits per heavy atom. The number of ether oxygens (including phenoxy) is 1. The zero-order valence-electron chi connectivity index (χ0n) is 15.6. The van der Waals surface area contributed by atoms with Crippen LogP contribution >= 0.6 is 0 Å². The Labute approximate surface area is 143 Å². The molecule has 1 fully saturated rings. The molecule has 1 aliphatic rings. The van der Waals surface area contributed by atoms with E-state index in [1.54, 1.807) is 7.11 Å². The Kier molecular flexibility index (Phi) is 7.10. The van der Waals surface area contributed by atoms with Crippen molar-refractivity contribution in [1.29, 1.82) is 0 Å².